The Morgan fingerprint density at radius 2 is 1.19 bits per heavy atom. The van der Waals surface area contributed by atoms with Crippen LogP contribution >= 0.6 is 7.82 Å². The van der Waals surface area contributed by atoms with E-state index in [1.54, 1.807) is 0 Å². The first-order valence-electron chi connectivity index (χ1n) is 7.82. The summed E-state index contributed by atoms with van der Waals surface area (Å²) in [5.41, 5.74) is 0. The first-order valence-corrected chi connectivity index (χ1v) is 9.35. The lowest BCUT2D eigenvalue weighted by molar-refractivity contribution is -0.376. The van der Waals surface area contributed by atoms with Gasteiger partial charge in [-0.25, -0.2) is 4.57 Å². The molecule has 15 heteroatoms. The largest absolute Gasteiger partial charge is 0.469 e. The van der Waals surface area contributed by atoms with Crippen LogP contribution in [0.5, 0.6) is 0 Å². The van der Waals surface area contributed by atoms with Crippen molar-refractivity contribution >= 4 is 7.82 Å². The van der Waals surface area contributed by atoms with Crippen LogP contribution < -0.4 is 0 Å². The number of hydrogen-bond acceptors (Lipinski definition) is 12. The van der Waals surface area contributed by atoms with Crippen LogP contribution in [0.4, 0.5) is 0 Å². The Labute approximate surface area is 152 Å². The number of hydrogen-bond donors (Lipinski definition) is 9. The van der Waals surface area contributed by atoms with E-state index in [1.165, 1.54) is 0 Å². The molecule has 0 radical (unpaired) electrons. The van der Waals surface area contributed by atoms with Gasteiger partial charge in [0.25, 0.3) is 0 Å². The highest BCUT2D eigenvalue weighted by atomic mass is 31.2. The van der Waals surface area contributed by atoms with Gasteiger partial charge < -0.3 is 59.7 Å². The first-order chi connectivity index (χ1) is 12.5. The maximum atomic E-state index is 10.8. The molecule has 10 atom stereocenters. The molecule has 0 unspecified atom stereocenters. The summed E-state index contributed by atoms with van der Waals surface area (Å²) in [5, 5.41) is 68.1. The van der Waals surface area contributed by atoms with Crippen molar-refractivity contribution < 1.29 is 68.8 Å². The van der Waals surface area contributed by atoms with Gasteiger partial charge in [-0.1, -0.05) is 0 Å². The van der Waals surface area contributed by atoms with Gasteiger partial charge in [-0.15, -0.1) is 0 Å². The molecule has 0 bridgehead atoms. The molecule has 0 spiro atoms. The van der Waals surface area contributed by atoms with Crippen molar-refractivity contribution in [1.82, 2.24) is 0 Å². The Hall–Kier alpha value is -0.290. The third kappa shape index (κ3) is 5.41. The predicted molar refractivity (Wildman–Crippen MR) is 79.5 cm³/mol. The van der Waals surface area contributed by atoms with Crippen molar-refractivity contribution in [2.75, 3.05) is 13.2 Å². The summed E-state index contributed by atoms with van der Waals surface area (Å²) in [5.74, 6) is 0. The van der Waals surface area contributed by atoms with Crippen LogP contribution in [0.25, 0.3) is 0 Å². The van der Waals surface area contributed by atoms with Gasteiger partial charge in [-0.3, -0.25) is 4.52 Å². The molecular formula is C12H23O14P. The van der Waals surface area contributed by atoms with Crippen LogP contribution in [0, 0.1) is 0 Å². The number of rotatable bonds is 6. The Morgan fingerprint density at radius 3 is 1.63 bits per heavy atom. The van der Waals surface area contributed by atoms with Gasteiger partial charge in [0.1, 0.15) is 48.8 Å². The minimum absolute atomic E-state index is 0.737. The van der Waals surface area contributed by atoms with E-state index in [2.05, 4.69) is 4.52 Å². The molecule has 2 aliphatic heterocycles. The normalized spacial score (nSPS) is 46.4. The van der Waals surface area contributed by atoms with E-state index in [4.69, 9.17) is 29.1 Å². The average molecular weight is 422 g/mol. The number of phosphoric acid groups is 1. The van der Waals surface area contributed by atoms with Gasteiger partial charge in [0.2, 0.25) is 0 Å². The van der Waals surface area contributed by atoms with Crippen molar-refractivity contribution in [3.05, 3.63) is 0 Å². The first kappa shape index (κ1) is 23.0. The van der Waals surface area contributed by atoms with Crippen LogP contribution in [-0.2, 0) is 23.3 Å². The Balaban J connectivity index is 2.08. The van der Waals surface area contributed by atoms with Crippen LogP contribution in [-0.4, -0.2) is 120 Å². The molecule has 0 aliphatic carbocycles. The molecule has 0 aromatic rings. The molecule has 2 rings (SSSR count). The van der Waals surface area contributed by atoms with Crippen LogP contribution in [0.1, 0.15) is 0 Å². The molecule has 27 heavy (non-hydrogen) atoms. The molecule has 14 nitrogen and oxygen atoms in total. The monoisotopic (exact) mass is 422 g/mol. The highest BCUT2D eigenvalue weighted by molar-refractivity contribution is 7.46. The average Bonchev–Trinajstić information content (AvgIpc) is 2.60. The quantitative estimate of drug-likeness (QED) is 0.182. The Morgan fingerprint density at radius 1 is 0.741 bits per heavy atom. The Bertz CT molecular complexity index is 526. The Kier molecular flexibility index (Phi) is 7.68. The number of phosphoric ester groups is 1. The highest BCUT2D eigenvalue weighted by Gasteiger charge is 2.49. The van der Waals surface area contributed by atoms with Gasteiger partial charge in [-0.2, -0.15) is 0 Å². The summed E-state index contributed by atoms with van der Waals surface area (Å²) in [4.78, 5) is 17.4. The topological polar surface area (TPSA) is 236 Å². The van der Waals surface area contributed by atoms with Crippen molar-refractivity contribution in [2.24, 2.45) is 0 Å². The van der Waals surface area contributed by atoms with E-state index in [-0.39, 0.29) is 0 Å². The van der Waals surface area contributed by atoms with E-state index in [0.29, 0.717) is 0 Å². The molecule has 2 fully saturated rings. The van der Waals surface area contributed by atoms with Gasteiger partial charge in [0.05, 0.1) is 13.2 Å². The highest BCUT2D eigenvalue weighted by Crippen LogP contribution is 2.37. The molecule has 2 saturated heterocycles. The zero-order chi connectivity index (χ0) is 20.5. The zero-order valence-corrected chi connectivity index (χ0v) is 14.6. The second kappa shape index (κ2) is 9.02. The molecule has 9 N–H and O–H groups in total. The molecule has 2 aliphatic rings. The van der Waals surface area contributed by atoms with E-state index < -0.39 is 82.4 Å². The fraction of sp³-hybridized carbons (Fsp3) is 1.00. The van der Waals surface area contributed by atoms with Crippen LogP contribution in [0.3, 0.4) is 0 Å². The predicted octanol–water partition coefficient (Wildman–Crippen LogP) is -5.28. The molecular weight excluding hydrogens is 399 g/mol. The third-order valence-electron chi connectivity index (χ3n) is 4.19. The van der Waals surface area contributed by atoms with E-state index in [0.717, 1.165) is 0 Å². The maximum Gasteiger partial charge on any atom is 0.469 e. The molecule has 160 valence electrons. The minimum Gasteiger partial charge on any atom is -0.394 e. The van der Waals surface area contributed by atoms with Crippen molar-refractivity contribution in [3.8, 4) is 0 Å². The number of aliphatic hydroxyl groups is 7. The van der Waals surface area contributed by atoms with Crippen molar-refractivity contribution in [2.45, 2.75) is 61.4 Å². The van der Waals surface area contributed by atoms with Crippen LogP contribution in [0.15, 0.2) is 0 Å². The second-order valence-electron chi connectivity index (χ2n) is 6.13. The standard InChI is InChI=1S/C12H23O14P/c13-1-3-5(14)7(16)9(18)11(24-3)26-12-10(19)8(17)6(15)4(25-12)2-23-27(20,21)22/h3-19H,1-2H2,(H2,20,21,22)/t3-,4-,5-,6-,7+,8+,9-,10-,11-,12-/m0/s1. The van der Waals surface area contributed by atoms with Gasteiger partial charge in [0.15, 0.2) is 12.6 Å². The molecule has 0 aromatic carbocycles. The lowest BCUT2D eigenvalue weighted by atomic mass is 9.98. The lowest BCUT2D eigenvalue weighted by Crippen LogP contribution is -2.63. The molecule has 0 saturated carbocycles. The summed E-state index contributed by atoms with van der Waals surface area (Å²) in [6, 6.07) is 0. The van der Waals surface area contributed by atoms with Crippen molar-refractivity contribution in [1.29, 1.82) is 0 Å². The van der Waals surface area contributed by atoms with E-state index in [9.17, 15) is 35.2 Å². The fourth-order valence-corrected chi connectivity index (χ4v) is 2.99. The second-order valence-corrected chi connectivity index (χ2v) is 7.37. The van der Waals surface area contributed by atoms with Crippen molar-refractivity contribution in [3.63, 3.8) is 0 Å². The lowest BCUT2D eigenvalue weighted by Gasteiger charge is -2.44. The van der Waals surface area contributed by atoms with Gasteiger partial charge in [-0.05, 0) is 0 Å². The van der Waals surface area contributed by atoms with Gasteiger partial charge >= 0.3 is 7.82 Å². The molecule has 0 aromatic heterocycles. The third-order valence-corrected chi connectivity index (χ3v) is 4.68. The van der Waals surface area contributed by atoms with E-state index in [1.807, 2.05) is 0 Å². The zero-order valence-electron chi connectivity index (χ0n) is 13.7. The van der Waals surface area contributed by atoms with Crippen LogP contribution in [0.2, 0.25) is 0 Å². The minimum atomic E-state index is -4.92. The summed E-state index contributed by atoms with van der Waals surface area (Å²) in [6.07, 6.45) is -17.1. The number of ether oxygens (including phenoxy) is 3. The fourth-order valence-electron chi connectivity index (χ4n) is 2.65. The number of aliphatic hydroxyl groups excluding tert-OH is 7. The summed E-state index contributed by atoms with van der Waals surface area (Å²) in [6.45, 7) is -1.61. The summed E-state index contributed by atoms with van der Waals surface area (Å²) < 4.78 is 30.3. The SMILES string of the molecule is O=P(O)(O)OC[C@@H]1O[C@@H](O[C@@H]2O[C@@H](CO)[C@H](O)[C@@H](O)[C@@H]2O)[C@@H](O)[C@H](O)[C@H]1O. The van der Waals surface area contributed by atoms with E-state index >= 15 is 0 Å². The maximum absolute atomic E-state index is 10.8. The van der Waals surface area contributed by atoms with Gasteiger partial charge in [0, 0.05) is 0 Å². The summed E-state index contributed by atoms with van der Waals surface area (Å²) >= 11 is 0. The smallest absolute Gasteiger partial charge is 0.394 e. The summed E-state index contributed by atoms with van der Waals surface area (Å²) in [7, 11) is -4.92. The molecule has 0 amide bonds. The molecule has 2 heterocycles.